The number of amides is 1. The molecule has 29 heavy (non-hydrogen) atoms. The fourth-order valence-electron chi connectivity index (χ4n) is 3.50. The number of hydrogen-bond donors (Lipinski definition) is 1. The van der Waals surface area contributed by atoms with Crippen molar-refractivity contribution in [2.45, 2.75) is 19.1 Å². The molecule has 0 saturated carbocycles. The number of aromatic nitrogens is 2. The van der Waals surface area contributed by atoms with Gasteiger partial charge in [-0.2, -0.15) is 0 Å². The summed E-state index contributed by atoms with van der Waals surface area (Å²) in [5.74, 6) is 0.445. The lowest BCUT2D eigenvalue weighted by atomic mass is 10.1. The van der Waals surface area contributed by atoms with Gasteiger partial charge in [0.1, 0.15) is 18.6 Å². The first-order valence-electron chi connectivity index (χ1n) is 9.19. The maximum atomic E-state index is 11.0. The number of ether oxygens (including phenoxy) is 2. The van der Waals surface area contributed by atoms with Crippen molar-refractivity contribution in [2.75, 3.05) is 37.7 Å². The van der Waals surface area contributed by atoms with E-state index >= 15 is 0 Å². The number of fused-ring (bicyclic) bond motifs is 1. The first kappa shape index (κ1) is 18.8. The Morgan fingerprint density at radius 1 is 1.31 bits per heavy atom. The van der Waals surface area contributed by atoms with Gasteiger partial charge < -0.3 is 34.5 Å². The van der Waals surface area contributed by atoms with Gasteiger partial charge in [-0.3, -0.25) is 4.57 Å². The van der Waals surface area contributed by atoms with Crippen molar-refractivity contribution in [1.29, 1.82) is 0 Å². The van der Waals surface area contributed by atoms with Crippen LogP contribution in [0.25, 0.3) is 0 Å². The summed E-state index contributed by atoms with van der Waals surface area (Å²) < 4.78 is 13.2. The second-order valence-corrected chi connectivity index (χ2v) is 7.36. The van der Waals surface area contributed by atoms with E-state index in [-0.39, 0.29) is 18.4 Å². The van der Waals surface area contributed by atoms with E-state index in [4.69, 9.17) is 14.6 Å². The molecule has 1 saturated heterocycles. The van der Waals surface area contributed by atoms with E-state index in [0.717, 1.165) is 5.69 Å². The van der Waals surface area contributed by atoms with Crippen molar-refractivity contribution in [3.63, 3.8) is 0 Å². The van der Waals surface area contributed by atoms with Crippen molar-refractivity contribution in [1.82, 2.24) is 14.5 Å². The van der Waals surface area contributed by atoms with E-state index in [0.29, 0.717) is 38.5 Å². The molecule has 1 N–H and O–H groups in total. The molecule has 0 aliphatic carbocycles. The molecule has 1 aromatic heterocycles. The Morgan fingerprint density at radius 3 is 2.59 bits per heavy atom. The number of imidazole rings is 1. The Labute approximate surface area is 166 Å². The summed E-state index contributed by atoms with van der Waals surface area (Å²) >= 11 is 0. The third-order valence-corrected chi connectivity index (χ3v) is 5.05. The van der Waals surface area contributed by atoms with Crippen LogP contribution in [0, 0.1) is 10.1 Å². The average Bonchev–Trinajstić information content (AvgIpc) is 3.22. The van der Waals surface area contributed by atoms with Crippen molar-refractivity contribution in [2.24, 2.45) is 0 Å². The quantitative estimate of drug-likeness (QED) is 0.592. The summed E-state index contributed by atoms with van der Waals surface area (Å²) in [7, 11) is 0. The summed E-state index contributed by atoms with van der Waals surface area (Å²) in [6, 6.07) is 7.83. The first-order valence-corrected chi connectivity index (χ1v) is 9.19. The molecule has 0 spiro atoms. The molecule has 4 rings (SSSR count). The van der Waals surface area contributed by atoms with Crippen molar-refractivity contribution in [3.8, 4) is 11.8 Å². The number of piperazine rings is 1. The molecular formula is C18H21N5O6. The highest BCUT2D eigenvalue weighted by atomic mass is 16.6. The zero-order valence-electron chi connectivity index (χ0n) is 15.9. The van der Waals surface area contributed by atoms with Crippen LogP contribution in [-0.4, -0.2) is 69.0 Å². The fraction of sp³-hybridized carbons (Fsp3) is 0.444. The van der Waals surface area contributed by atoms with Crippen LogP contribution in [0.1, 0.15) is 6.92 Å². The molecule has 11 nitrogen and oxygen atoms in total. The molecule has 2 aliphatic rings. The predicted molar refractivity (Wildman–Crippen MR) is 102 cm³/mol. The summed E-state index contributed by atoms with van der Waals surface area (Å²) in [5.41, 5.74) is 0.349. The van der Waals surface area contributed by atoms with Crippen LogP contribution in [-0.2, 0) is 6.54 Å². The minimum atomic E-state index is -0.882. The fourth-order valence-corrected chi connectivity index (χ4v) is 3.50. The van der Waals surface area contributed by atoms with Gasteiger partial charge in [0.25, 0.3) is 0 Å². The highest BCUT2D eigenvalue weighted by molar-refractivity contribution is 5.65. The lowest BCUT2D eigenvalue weighted by molar-refractivity contribution is -0.389. The molecule has 11 heteroatoms. The third-order valence-electron chi connectivity index (χ3n) is 5.05. The Balaban J connectivity index is 1.31. The van der Waals surface area contributed by atoms with Crippen LogP contribution in [0.4, 0.5) is 16.3 Å². The number of hydrogen-bond acceptors (Lipinski definition) is 7. The standard InChI is InChI=1S/C18H21N5O6/c1-18(11-22-10-15(23(26)27)19-16(22)29-18)12-28-14-4-2-13(3-5-14)20-6-8-21(9-7-20)17(24)25/h2-5,10H,6-9,11-12H2,1H3,(H,24,25). The number of anilines is 1. The summed E-state index contributed by atoms with van der Waals surface area (Å²) in [6.07, 6.45) is 0.479. The van der Waals surface area contributed by atoms with Crippen LogP contribution < -0.4 is 14.4 Å². The van der Waals surface area contributed by atoms with Crippen molar-refractivity contribution >= 4 is 17.6 Å². The van der Waals surface area contributed by atoms with Crippen LogP contribution in [0.5, 0.6) is 11.8 Å². The minimum Gasteiger partial charge on any atom is -0.489 e. The number of nitro groups is 1. The second kappa shape index (κ2) is 7.15. The normalized spacial score (nSPS) is 20.9. The summed E-state index contributed by atoms with van der Waals surface area (Å²) in [5, 5.41) is 19.8. The molecular weight excluding hydrogens is 382 g/mol. The van der Waals surface area contributed by atoms with E-state index in [1.807, 2.05) is 31.2 Å². The molecule has 3 heterocycles. The summed E-state index contributed by atoms with van der Waals surface area (Å²) in [4.78, 5) is 28.6. The Bertz CT molecular complexity index is 896. The molecule has 1 atom stereocenters. The van der Waals surface area contributed by atoms with Crippen LogP contribution in [0.2, 0.25) is 0 Å². The van der Waals surface area contributed by atoms with Gasteiger partial charge in [-0.05, 0) is 36.1 Å². The van der Waals surface area contributed by atoms with Gasteiger partial charge in [0.15, 0.2) is 5.60 Å². The lowest BCUT2D eigenvalue weighted by Crippen LogP contribution is -2.48. The highest BCUT2D eigenvalue weighted by Gasteiger charge is 2.41. The number of carbonyl (C=O) groups is 1. The third kappa shape index (κ3) is 3.89. The molecule has 2 aliphatic heterocycles. The van der Waals surface area contributed by atoms with Gasteiger partial charge in [0, 0.05) is 36.9 Å². The summed E-state index contributed by atoms with van der Waals surface area (Å²) in [6.45, 7) is 4.80. The van der Waals surface area contributed by atoms with E-state index in [1.54, 1.807) is 4.57 Å². The molecule has 1 fully saturated rings. The molecule has 0 bridgehead atoms. The van der Waals surface area contributed by atoms with Crippen LogP contribution in [0.3, 0.4) is 0 Å². The van der Waals surface area contributed by atoms with E-state index in [2.05, 4.69) is 9.88 Å². The molecule has 1 unspecified atom stereocenters. The number of carboxylic acid groups (broad SMARTS) is 1. The van der Waals surface area contributed by atoms with Gasteiger partial charge in [-0.15, -0.1) is 0 Å². The molecule has 2 aromatic rings. The monoisotopic (exact) mass is 403 g/mol. The molecule has 1 aromatic carbocycles. The van der Waals surface area contributed by atoms with Gasteiger partial charge in [0.05, 0.1) is 6.54 Å². The largest absolute Gasteiger partial charge is 0.489 e. The zero-order chi connectivity index (χ0) is 20.6. The van der Waals surface area contributed by atoms with Gasteiger partial charge in [-0.25, -0.2) is 4.79 Å². The molecule has 154 valence electrons. The topological polar surface area (TPSA) is 123 Å². The maximum Gasteiger partial charge on any atom is 0.415 e. The minimum absolute atomic E-state index is 0.221. The zero-order valence-corrected chi connectivity index (χ0v) is 15.9. The van der Waals surface area contributed by atoms with E-state index in [1.165, 1.54) is 11.1 Å². The Kier molecular flexibility index (Phi) is 4.65. The Morgan fingerprint density at radius 2 is 2.00 bits per heavy atom. The van der Waals surface area contributed by atoms with Crippen molar-refractivity contribution < 1.29 is 24.3 Å². The predicted octanol–water partition coefficient (Wildman–Crippen LogP) is 1.82. The number of rotatable bonds is 5. The number of benzene rings is 1. The van der Waals surface area contributed by atoms with E-state index < -0.39 is 16.6 Å². The number of nitrogens with zero attached hydrogens (tertiary/aromatic N) is 5. The molecule has 0 radical (unpaired) electrons. The van der Waals surface area contributed by atoms with Crippen LogP contribution >= 0.6 is 0 Å². The highest BCUT2D eigenvalue weighted by Crippen LogP contribution is 2.31. The second-order valence-electron chi connectivity index (χ2n) is 7.36. The Hall–Kier alpha value is -3.50. The average molecular weight is 403 g/mol. The SMILES string of the molecule is CC1(COc2ccc(N3CCN(C(=O)O)CC3)cc2)Cn2cc([N+](=O)[O-])nc2O1. The molecule has 1 amide bonds. The van der Waals surface area contributed by atoms with Gasteiger partial charge in [-0.1, -0.05) is 0 Å². The first-order chi connectivity index (χ1) is 13.8. The lowest BCUT2D eigenvalue weighted by Gasteiger charge is -2.34. The van der Waals surface area contributed by atoms with E-state index in [9.17, 15) is 14.9 Å². The van der Waals surface area contributed by atoms with Gasteiger partial charge >= 0.3 is 17.9 Å². The smallest absolute Gasteiger partial charge is 0.415 e. The van der Waals surface area contributed by atoms with Crippen LogP contribution in [0.15, 0.2) is 30.5 Å². The maximum absolute atomic E-state index is 11.0. The van der Waals surface area contributed by atoms with Gasteiger partial charge in [0.2, 0.25) is 0 Å². The van der Waals surface area contributed by atoms with Crippen molar-refractivity contribution in [3.05, 3.63) is 40.6 Å².